The molecule has 0 aromatic carbocycles. The van der Waals surface area contributed by atoms with Gasteiger partial charge in [-0.05, 0) is 31.1 Å². The van der Waals surface area contributed by atoms with Gasteiger partial charge in [0.25, 0.3) is 0 Å². The number of rotatable bonds is 48. The number of unbranched alkanes of at least 4 members (excludes halogenated alkanes) is 33. The zero-order chi connectivity index (χ0) is 44.0. The minimum atomic E-state index is -0.759. The molecule has 0 amide bonds. The number of hydrogen-bond donors (Lipinski definition) is 0. The van der Waals surface area contributed by atoms with Crippen LogP contribution < -0.4 is 0 Å². The molecule has 0 aromatic rings. The predicted molar refractivity (Wildman–Crippen MR) is 256 cm³/mol. The molecule has 0 rings (SSSR count). The normalized spacial score (nSPS) is 12.1. The van der Waals surface area contributed by atoms with Crippen molar-refractivity contribution in [1.29, 1.82) is 0 Å². The van der Waals surface area contributed by atoms with E-state index in [1.807, 2.05) is 0 Å². The van der Waals surface area contributed by atoms with Crippen molar-refractivity contribution in [3.63, 3.8) is 0 Å². The van der Waals surface area contributed by atoms with Gasteiger partial charge in [0.05, 0.1) is 0 Å². The summed E-state index contributed by atoms with van der Waals surface area (Å²) in [7, 11) is 0. The second-order valence-electron chi connectivity index (χ2n) is 19.5. The van der Waals surface area contributed by atoms with Crippen LogP contribution in [0, 0.1) is 11.8 Å². The molecule has 0 unspecified atom stereocenters. The van der Waals surface area contributed by atoms with E-state index in [2.05, 4.69) is 34.6 Å². The summed E-state index contributed by atoms with van der Waals surface area (Å²) >= 11 is 0. The molecule has 0 spiro atoms. The van der Waals surface area contributed by atoms with Crippen LogP contribution in [0.4, 0.5) is 0 Å². The van der Waals surface area contributed by atoms with Crippen molar-refractivity contribution in [2.24, 2.45) is 11.8 Å². The highest BCUT2D eigenvalue weighted by Crippen LogP contribution is 2.18. The summed E-state index contributed by atoms with van der Waals surface area (Å²) in [5.41, 5.74) is 0. The summed E-state index contributed by atoms with van der Waals surface area (Å²) in [6, 6.07) is 0. The summed E-state index contributed by atoms with van der Waals surface area (Å²) in [5.74, 6) is 0.838. The van der Waals surface area contributed by atoms with Crippen molar-refractivity contribution in [1.82, 2.24) is 0 Å². The number of hydrogen-bond acceptors (Lipinski definition) is 6. The SMILES string of the molecule is CCCCCCCC(=O)O[C@@H](COC(=O)CCCCCCCCCCCCCCCCCCCCC(C)C)COC(=O)CCCCCCCCCCCCCCCC(C)C. The molecule has 0 aliphatic rings. The minimum absolute atomic E-state index is 0.0648. The average molecular weight is 849 g/mol. The third-order valence-corrected chi connectivity index (χ3v) is 12.2. The average Bonchev–Trinajstić information content (AvgIpc) is 3.22. The molecular weight excluding hydrogens is 745 g/mol. The first-order valence-corrected chi connectivity index (χ1v) is 26.7. The lowest BCUT2D eigenvalue weighted by Gasteiger charge is -2.18. The van der Waals surface area contributed by atoms with E-state index in [0.717, 1.165) is 76.0 Å². The van der Waals surface area contributed by atoms with Gasteiger partial charge in [-0.2, -0.15) is 0 Å². The maximum Gasteiger partial charge on any atom is 0.306 e. The van der Waals surface area contributed by atoms with Gasteiger partial charge in [-0.25, -0.2) is 0 Å². The third kappa shape index (κ3) is 47.5. The van der Waals surface area contributed by atoms with Crippen LogP contribution in [0.15, 0.2) is 0 Å². The molecule has 356 valence electrons. The lowest BCUT2D eigenvalue weighted by molar-refractivity contribution is -0.167. The van der Waals surface area contributed by atoms with Crippen LogP contribution in [0.2, 0.25) is 0 Å². The van der Waals surface area contributed by atoms with Crippen molar-refractivity contribution in [3.05, 3.63) is 0 Å². The molecule has 0 N–H and O–H groups in total. The van der Waals surface area contributed by atoms with Crippen molar-refractivity contribution in [2.45, 2.75) is 304 Å². The molecule has 0 heterocycles. The first-order chi connectivity index (χ1) is 29.2. The number of ether oxygens (including phenoxy) is 3. The van der Waals surface area contributed by atoms with Crippen molar-refractivity contribution in [2.75, 3.05) is 13.2 Å². The largest absolute Gasteiger partial charge is 0.462 e. The second-order valence-corrected chi connectivity index (χ2v) is 19.5. The van der Waals surface area contributed by atoms with Crippen molar-refractivity contribution < 1.29 is 28.6 Å². The molecule has 0 radical (unpaired) electrons. The Hall–Kier alpha value is -1.59. The topological polar surface area (TPSA) is 78.9 Å². The van der Waals surface area contributed by atoms with E-state index in [0.29, 0.717) is 19.3 Å². The second kappa shape index (κ2) is 46.9. The minimum Gasteiger partial charge on any atom is -0.462 e. The Morgan fingerprint density at radius 3 is 0.817 bits per heavy atom. The van der Waals surface area contributed by atoms with Crippen LogP contribution in [0.1, 0.15) is 298 Å². The molecule has 0 saturated carbocycles. The van der Waals surface area contributed by atoms with E-state index in [-0.39, 0.29) is 31.1 Å². The van der Waals surface area contributed by atoms with Crippen molar-refractivity contribution in [3.8, 4) is 0 Å². The molecular formula is C54H104O6. The van der Waals surface area contributed by atoms with E-state index >= 15 is 0 Å². The quantitative estimate of drug-likeness (QED) is 0.0345. The molecule has 0 aromatic heterocycles. The monoisotopic (exact) mass is 849 g/mol. The fourth-order valence-corrected chi connectivity index (χ4v) is 8.17. The Morgan fingerprint density at radius 1 is 0.317 bits per heavy atom. The molecule has 60 heavy (non-hydrogen) atoms. The Morgan fingerprint density at radius 2 is 0.550 bits per heavy atom. The summed E-state index contributed by atoms with van der Waals surface area (Å²) < 4.78 is 16.7. The fraction of sp³-hybridized carbons (Fsp3) is 0.944. The Kier molecular flexibility index (Phi) is 45.7. The summed E-state index contributed by atoms with van der Waals surface area (Å²) in [6.45, 7) is 11.3. The van der Waals surface area contributed by atoms with Gasteiger partial charge in [-0.3, -0.25) is 14.4 Å². The standard InChI is InChI=1S/C54H104O6/c1-6-7-8-32-41-46-54(57)60-51(48-59-53(56)45-40-36-31-27-23-19-15-17-21-25-29-34-38-43-50(4)5)47-58-52(55)44-39-35-30-26-22-18-14-12-10-9-11-13-16-20-24-28-33-37-42-49(2)3/h49-51H,6-48H2,1-5H3/t51-/m0/s1. The third-order valence-electron chi connectivity index (χ3n) is 12.2. The zero-order valence-electron chi connectivity index (χ0n) is 41.1. The Bertz CT molecular complexity index is 916. The zero-order valence-corrected chi connectivity index (χ0v) is 41.1. The van der Waals surface area contributed by atoms with Crippen LogP contribution >= 0.6 is 0 Å². The van der Waals surface area contributed by atoms with Crippen molar-refractivity contribution >= 4 is 17.9 Å². The lowest BCUT2D eigenvalue weighted by Crippen LogP contribution is -2.30. The number of carbonyl (C=O) groups is 3. The van der Waals surface area contributed by atoms with Gasteiger partial charge in [-0.1, -0.05) is 259 Å². The van der Waals surface area contributed by atoms with Gasteiger partial charge in [0, 0.05) is 19.3 Å². The first kappa shape index (κ1) is 58.4. The van der Waals surface area contributed by atoms with Gasteiger partial charge in [0.15, 0.2) is 6.10 Å². The molecule has 0 fully saturated rings. The summed E-state index contributed by atoms with van der Waals surface area (Å²) in [4.78, 5) is 37.7. The van der Waals surface area contributed by atoms with E-state index in [4.69, 9.17) is 14.2 Å². The lowest BCUT2D eigenvalue weighted by atomic mass is 10.0. The Labute approximate surface area is 374 Å². The van der Waals surface area contributed by atoms with Crippen LogP contribution in [0.5, 0.6) is 0 Å². The van der Waals surface area contributed by atoms with Gasteiger partial charge < -0.3 is 14.2 Å². The predicted octanol–water partition coefficient (Wildman–Crippen LogP) is 17.3. The van der Waals surface area contributed by atoms with E-state index in [1.54, 1.807) is 0 Å². The van der Waals surface area contributed by atoms with Gasteiger partial charge in [0.2, 0.25) is 0 Å². The highest BCUT2D eigenvalue weighted by Gasteiger charge is 2.19. The summed E-state index contributed by atoms with van der Waals surface area (Å²) in [5, 5.41) is 0. The molecule has 0 aliphatic carbocycles. The van der Waals surface area contributed by atoms with Crippen LogP contribution in [0.3, 0.4) is 0 Å². The number of esters is 3. The molecule has 0 bridgehead atoms. The molecule has 0 aliphatic heterocycles. The van der Waals surface area contributed by atoms with Crippen LogP contribution in [0.25, 0.3) is 0 Å². The maximum absolute atomic E-state index is 12.6. The maximum atomic E-state index is 12.6. The highest BCUT2D eigenvalue weighted by molar-refractivity contribution is 5.71. The molecule has 6 nitrogen and oxygen atoms in total. The fourth-order valence-electron chi connectivity index (χ4n) is 8.17. The van der Waals surface area contributed by atoms with E-state index in [9.17, 15) is 14.4 Å². The highest BCUT2D eigenvalue weighted by atomic mass is 16.6. The van der Waals surface area contributed by atoms with Gasteiger partial charge >= 0.3 is 17.9 Å². The van der Waals surface area contributed by atoms with Gasteiger partial charge in [-0.15, -0.1) is 0 Å². The first-order valence-electron chi connectivity index (χ1n) is 26.7. The van der Waals surface area contributed by atoms with Crippen LogP contribution in [-0.2, 0) is 28.6 Å². The molecule has 6 heteroatoms. The summed E-state index contributed by atoms with van der Waals surface area (Å²) in [6.07, 6.45) is 48.5. The molecule has 1 atom stereocenters. The van der Waals surface area contributed by atoms with E-state index in [1.165, 1.54) is 180 Å². The van der Waals surface area contributed by atoms with E-state index < -0.39 is 6.10 Å². The number of carbonyl (C=O) groups excluding carboxylic acids is 3. The van der Waals surface area contributed by atoms with Crippen LogP contribution in [-0.4, -0.2) is 37.2 Å². The molecule has 0 saturated heterocycles. The smallest absolute Gasteiger partial charge is 0.306 e. The Balaban J connectivity index is 4.01. The van der Waals surface area contributed by atoms with Gasteiger partial charge in [0.1, 0.15) is 13.2 Å².